The molecule has 12 heteroatoms. The Balaban J connectivity index is 2.14. The molecule has 0 spiro atoms. The van der Waals surface area contributed by atoms with Gasteiger partial charge in [-0.25, -0.2) is 13.1 Å². The molecule has 2 N–H and O–H groups in total. The van der Waals surface area contributed by atoms with Gasteiger partial charge in [-0.05, 0) is 42.6 Å². The molecule has 2 aromatic carbocycles. The Morgan fingerprint density at radius 1 is 1.07 bits per heavy atom. The molecule has 0 amide bonds. The van der Waals surface area contributed by atoms with Gasteiger partial charge < -0.3 is 5.32 Å². The average Bonchev–Trinajstić information content (AvgIpc) is 3.07. The number of para-hydroxylation sites is 1. The highest BCUT2D eigenvalue weighted by atomic mass is 32.2. The van der Waals surface area contributed by atoms with E-state index in [1.54, 1.807) is 0 Å². The zero-order valence-electron chi connectivity index (χ0n) is 14.7. The number of hydrogen-bond donors (Lipinski definition) is 2. The highest BCUT2D eigenvalue weighted by molar-refractivity contribution is 7.89. The zero-order chi connectivity index (χ0) is 20.5. The fourth-order valence-electron chi connectivity index (χ4n) is 2.48. The van der Waals surface area contributed by atoms with Crippen molar-refractivity contribution in [3.63, 3.8) is 0 Å². The Morgan fingerprint density at radius 3 is 2.39 bits per heavy atom. The molecule has 0 radical (unpaired) electrons. The number of aryl methyl sites for hydroxylation is 1. The number of anilines is 2. The largest absolute Gasteiger partial charge is 0.418 e. The maximum Gasteiger partial charge on any atom is 0.418 e. The first-order valence-corrected chi connectivity index (χ1v) is 9.35. The lowest BCUT2D eigenvalue weighted by Crippen LogP contribution is -2.18. The minimum absolute atomic E-state index is 0.0580. The molecule has 1 heterocycles. The van der Waals surface area contributed by atoms with E-state index in [0.29, 0.717) is 0 Å². The van der Waals surface area contributed by atoms with Crippen LogP contribution in [0.3, 0.4) is 0 Å². The van der Waals surface area contributed by atoms with E-state index in [1.165, 1.54) is 50.5 Å². The molecule has 3 aromatic rings. The number of alkyl halides is 3. The SMILES string of the molecule is CNS(=O)(=O)c1ccc(Nc2ccccc2C(F)(F)F)c(-c2nnn(C)n2)c1. The number of rotatable bonds is 5. The van der Waals surface area contributed by atoms with Gasteiger partial charge in [0.05, 0.1) is 23.2 Å². The maximum absolute atomic E-state index is 13.3. The molecule has 1 aromatic heterocycles. The number of halogens is 3. The lowest BCUT2D eigenvalue weighted by atomic mass is 10.1. The van der Waals surface area contributed by atoms with Gasteiger partial charge >= 0.3 is 6.18 Å². The van der Waals surface area contributed by atoms with Crippen LogP contribution in [0, 0.1) is 0 Å². The van der Waals surface area contributed by atoms with E-state index >= 15 is 0 Å². The van der Waals surface area contributed by atoms with E-state index < -0.39 is 21.8 Å². The summed E-state index contributed by atoms with van der Waals surface area (Å²) in [7, 11) is -1.02. The van der Waals surface area contributed by atoms with Crippen LogP contribution in [0.15, 0.2) is 47.4 Å². The van der Waals surface area contributed by atoms with Crippen molar-refractivity contribution in [1.29, 1.82) is 0 Å². The van der Waals surface area contributed by atoms with Crippen LogP contribution >= 0.6 is 0 Å². The monoisotopic (exact) mass is 412 g/mol. The van der Waals surface area contributed by atoms with Crippen LogP contribution < -0.4 is 10.0 Å². The van der Waals surface area contributed by atoms with Crippen molar-refractivity contribution >= 4 is 21.4 Å². The molecular formula is C16H15F3N6O2S. The van der Waals surface area contributed by atoms with Crippen molar-refractivity contribution < 1.29 is 21.6 Å². The maximum atomic E-state index is 13.3. The van der Waals surface area contributed by atoms with Gasteiger partial charge in [0.1, 0.15) is 0 Å². The normalized spacial score (nSPS) is 12.2. The molecule has 3 rings (SSSR count). The lowest BCUT2D eigenvalue weighted by Gasteiger charge is -2.16. The van der Waals surface area contributed by atoms with Crippen molar-refractivity contribution in [1.82, 2.24) is 24.9 Å². The third-order valence-electron chi connectivity index (χ3n) is 3.82. The molecule has 0 aliphatic rings. The summed E-state index contributed by atoms with van der Waals surface area (Å²) >= 11 is 0. The molecule has 0 saturated carbocycles. The molecule has 8 nitrogen and oxygen atoms in total. The summed E-state index contributed by atoms with van der Waals surface area (Å²) in [5.41, 5.74) is -0.675. The number of nitrogens with zero attached hydrogens (tertiary/aromatic N) is 4. The molecule has 0 aliphatic carbocycles. The number of benzene rings is 2. The highest BCUT2D eigenvalue weighted by Crippen LogP contribution is 2.37. The van der Waals surface area contributed by atoms with Crippen molar-refractivity contribution in [2.45, 2.75) is 11.1 Å². The Kier molecular flexibility index (Phi) is 5.08. The highest BCUT2D eigenvalue weighted by Gasteiger charge is 2.33. The van der Waals surface area contributed by atoms with Gasteiger partial charge in [0, 0.05) is 11.3 Å². The van der Waals surface area contributed by atoms with Crippen LogP contribution in [0.1, 0.15) is 5.56 Å². The molecule has 148 valence electrons. The number of tetrazole rings is 1. The topological polar surface area (TPSA) is 102 Å². The van der Waals surface area contributed by atoms with Crippen molar-refractivity contribution in [3.05, 3.63) is 48.0 Å². The van der Waals surface area contributed by atoms with Gasteiger partial charge in [-0.1, -0.05) is 12.1 Å². The molecule has 0 bridgehead atoms. The van der Waals surface area contributed by atoms with Crippen LogP contribution in [-0.4, -0.2) is 35.7 Å². The molecule has 0 atom stereocenters. The quantitative estimate of drug-likeness (QED) is 0.668. The second-order valence-electron chi connectivity index (χ2n) is 5.69. The molecule has 0 aliphatic heterocycles. The first-order valence-electron chi connectivity index (χ1n) is 7.87. The minimum Gasteiger partial charge on any atom is -0.354 e. The summed E-state index contributed by atoms with van der Waals surface area (Å²) in [5.74, 6) is 0.0580. The molecule has 28 heavy (non-hydrogen) atoms. The van der Waals surface area contributed by atoms with E-state index in [2.05, 4.69) is 25.4 Å². The third-order valence-corrected chi connectivity index (χ3v) is 5.23. The van der Waals surface area contributed by atoms with Gasteiger partial charge in [-0.15, -0.1) is 10.2 Å². The average molecular weight is 412 g/mol. The fourth-order valence-corrected chi connectivity index (χ4v) is 3.23. The second-order valence-corrected chi connectivity index (χ2v) is 7.57. The summed E-state index contributed by atoms with van der Waals surface area (Å²) in [4.78, 5) is 1.06. The first-order chi connectivity index (χ1) is 13.1. The van der Waals surface area contributed by atoms with Crippen LogP contribution in [0.2, 0.25) is 0 Å². The zero-order valence-corrected chi connectivity index (χ0v) is 15.5. The summed E-state index contributed by atoms with van der Waals surface area (Å²) in [6.07, 6.45) is -4.57. The van der Waals surface area contributed by atoms with Crippen LogP contribution in [0.25, 0.3) is 11.4 Å². The number of hydrogen-bond acceptors (Lipinski definition) is 6. The smallest absolute Gasteiger partial charge is 0.354 e. The Morgan fingerprint density at radius 2 is 1.79 bits per heavy atom. The Labute approximate surface area is 158 Å². The standard InChI is InChI=1S/C16H15F3N6O2S/c1-20-28(26,27)10-7-8-13(11(9-10)15-22-24-25(2)23-15)21-14-6-4-3-5-12(14)16(17,18)19/h3-9,20-21H,1-2H3. The third kappa shape index (κ3) is 3.97. The van der Waals surface area contributed by atoms with Crippen molar-refractivity contribution in [2.24, 2.45) is 7.05 Å². The predicted octanol–water partition coefficient (Wildman–Crippen LogP) is 2.55. The predicted molar refractivity (Wildman–Crippen MR) is 95.2 cm³/mol. The van der Waals surface area contributed by atoms with E-state index in [-0.39, 0.29) is 27.7 Å². The van der Waals surface area contributed by atoms with E-state index in [9.17, 15) is 21.6 Å². The minimum atomic E-state index is -4.57. The summed E-state index contributed by atoms with van der Waals surface area (Å²) in [6, 6.07) is 8.84. The van der Waals surface area contributed by atoms with Gasteiger partial charge in [-0.2, -0.15) is 18.0 Å². The van der Waals surface area contributed by atoms with Gasteiger partial charge in [-0.3, -0.25) is 0 Å². The molecule has 0 unspecified atom stereocenters. The number of nitrogens with one attached hydrogen (secondary N) is 2. The van der Waals surface area contributed by atoms with Crippen LogP contribution in [-0.2, 0) is 23.2 Å². The second kappa shape index (κ2) is 7.20. The Hall–Kier alpha value is -2.99. The van der Waals surface area contributed by atoms with Gasteiger partial charge in [0.25, 0.3) is 0 Å². The number of aromatic nitrogens is 4. The van der Waals surface area contributed by atoms with Crippen LogP contribution in [0.4, 0.5) is 24.5 Å². The summed E-state index contributed by atoms with van der Waals surface area (Å²) in [5, 5.41) is 14.2. The molecule has 0 fully saturated rings. The first kappa shape index (κ1) is 19.8. The van der Waals surface area contributed by atoms with Gasteiger partial charge in [0.2, 0.25) is 15.8 Å². The van der Waals surface area contributed by atoms with Gasteiger partial charge in [0.15, 0.2) is 0 Å². The summed E-state index contributed by atoms with van der Waals surface area (Å²) < 4.78 is 66.2. The summed E-state index contributed by atoms with van der Waals surface area (Å²) in [6.45, 7) is 0. The fraction of sp³-hybridized carbons (Fsp3) is 0.188. The van der Waals surface area contributed by atoms with E-state index in [0.717, 1.165) is 10.9 Å². The van der Waals surface area contributed by atoms with E-state index in [1.807, 2.05) is 0 Å². The van der Waals surface area contributed by atoms with Crippen molar-refractivity contribution in [3.8, 4) is 11.4 Å². The van der Waals surface area contributed by atoms with Crippen molar-refractivity contribution in [2.75, 3.05) is 12.4 Å². The number of sulfonamides is 1. The molecular weight excluding hydrogens is 397 g/mol. The molecule has 0 saturated heterocycles. The van der Waals surface area contributed by atoms with Crippen LogP contribution in [0.5, 0.6) is 0 Å². The Bertz CT molecular complexity index is 1110. The van der Waals surface area contributed by atoms with E-state index in [4.69, 9.17) is 0 Å². The lowest BCUT2D eigenvalue weighted by molar-refractivity contribution is -0.136.